The molecule has 5 heteroatoms. The van der Waals surface area contributed by atoms with E-state index in [9.17, 15) is 0 Å². The summed E-state index contributed by atoms with van der Waals surface area (Å²) < 4.78 is 6.74. The predicted octanol–water partition coefficient (Wildman–Crippen LogP) is 2.79. The highest BCUT2D eigenvalue weighted by atomic mass is 79.9. The summed E-state index contributed by atoms with van der Waals surface area (Å²) in [5.74, 6) is 1.93. The fraction of sp³-hybridized carbons (Fsp3) is 0.308. The van der Waals surface area contributed by atoms with E-state index in [1.807, 2.05) is 18.3 Å². The topological polar surface area (TPSA) is 49.9 Å². The lowest BCUT2D eigenvalue weighted by Crippen LogP contribution is -2.27. The van der Waals surface area contributed by atoms with E-state index in [1.165, 1.54) is 5.56 Å². The molecule has 18 heavy (non-hydrogen) atoms. The van der Waals surface area contributed by atoms with Crippen LogP contribution in [0.2, 0.25) is 0 Å². The van der Waals surface area contributed by atoms with Gasteiger partial charge in [-0.05, 0) is 18.2 Å². The summed E-state index contributed by atoms with van der Waals surface area (Å²) in [4.78, 5) is 7.31. The first-order valence-corrected chi connectivity index (χ1v) is 6.76. The highest BCUT2D eigenvalue weighted by Crippen LogP contribution is 2.34. The highest BCUT2D eigenvalue weighted by Gasteiger charge is 2.21. The SMILES string of the molecule is Brc1ccc2c(c1)C(NCc1ncc[nH]1)CCO2. The monoisotopic (exact) mass is 307 g/mol. The average molecular weight is 308 g/mol. The lowest BCUT2D eigenvalue weighted by molar-refractivity contribution is 0.251. The summed E-state index contributed by atoms with van der Waals surface area (Å²) in [5.41, 5.74) is 1.21. The molecular weight excluding hydrogens is 294 g/mol. The van der Waals surface area contributed by atoms with Crippen molar-refractivity contribution in [3.05, 3.63) is 46.5 Å². The smallest absolute Gasteiger partial charge is 0.124 e. The van der Waals surface area contributed by atoms with Gasteiger partial charge in [0, 0.05) is 34.9 Å². The Labute approximate surface area is 114 Å². The lowest BCUT2D eigenvalue weighted by atomic mass is 10.0. The number of hydrogen-bond acceptors (Lipinski definition) is 3. The zero-order valence-electron chi connectivity index (χ0n) is 9.82. The zero-order valence-corrected chi connectivity index (χ0v) is 11.4. The van der Waals surface area contributed by atoms with Crippen molar-refractivity contribution in [1.82, 2.24) is 15.3 Å². The van der Waals surface area contributed by atoms with Crippen molar-refractivity contribution in [2.24, 2.45) is 0 Å². The van der Waals surface area contributed by atoms with E-state index in [2.05, 4.69) is 37.3 Å². The number of halogens is 1. The van der Waals surface area contributed by atoms with Gasteiger partial charge in [-0.15, -0.1) is 0 Å². The van der Waals surface area contributed by atoms with Crippen LogP contribution < -0.4 is 10.1 Å². The number of aromatic amines is 1. The minimum atomic E-state index is 0.316. The second kappa shape index (κ2) is 5.12. The number of H-pyrrole nitrogens is 1. The van der Waals surface area contributed by atoms with Crippen molar-refractivity contribution in [3.63, 3.8) is 0 Å². The zero-order chi connectivity index (χ0) is 12.4. The first-order valence-electron chi connectivity index (χ1n) is 5.97. The number of nitrogens with one attached hydrogen (secondary N) is 2. The Morgan fingerprint density at radius 2 is 2.44 bits per heavy atom. The van der Waals surface area contributed by atoms with E-state index in [4.69, 9.17) is 4.74 Å². The molecule has 1 aliphatic heterocycles. The predicted molar refractivity (Wildman–Crippen MR) is 72.4 cm³/mol. The maximum Gasteiger partial charge on any atom is 0.124 e. The van der Waals surface area contributed by atoms with Gasteiger partial charge in [0.1, 0.15) is 11.6 Å². The molecule has 0 saturated heterocycles. The molecule has 3 rings (SSSR count). The van der Waals surface area contributed by atoms with Crippen LogP contribution in [0.3, 0.4) is 0 Å². The summed E-state index contributed by atoms with van der Waals surface area (Å²) in [6.45, 7) is 1.49. The maximum atomic E-state index is 5.66. The first-order chi connectivity index (χ1) is 8.83. The summed E-state index contributed by atoms with van der Waals surface area (Å²) in [6.07, 6.45) is 4.58. The van der Waals surface area contributed by atoms with Crippen molar-refractivity contribution < 1.29 is 4.74 Å². The van der Waals surface area contributed by atoms with Crippen molar-refractivity contribution in [2.45, 2.75) is 19.0 Å². The molecule has 2 heterocycles. The van der Waals surface area contributed by atoms with Crippen molar-refractivity contribution >= 4 is 15.9 Å². The molecule has 2 N–H and O–H groups in total. The molecule has 2 aromatic rings. The molecule has 4 nitrogen and oxygen atoms in total. The van der Waals surface area contributed by atoms with Crippen LogP contribution in [0.25, 0.3) is 0 Å². The molecule has 0 amide bonds. The van der Waals surface area contributed by atoms with Gasteiger partial charge in [-0.25, -0.2) is 4.98 Å². The third-order valence-corrected chi connectivity index (χ3v) is 3.58. The van der Waals surface area contributed by atoms with E-state index in [1.54, 1.807) is 6.20 Å². The minimum Gasteiger partial charge on any atom is -0.493 e. The van der Waals surface area contributed by atoms with Gasteiger partial charge in [0.15, 0.2) is 0 Å². The average Bonchev–Trinajstić information content (AvgIpc) is 2.89. The number of nitrogens with zero attached hydrogens (tertiary/aromatic N) is 1. The lowest BCUT2D eigenvalue weighted by Gasteiger charge is -2.26. The highest BCUT2D eigenvalue weighted by molar-refractivity contribution is 9.10. The quantitative estimate of drug-likeness (QED) is 0.917. The fourth-order valence-corrected chi connectivity index (χ4v) is 2.57. The third-order valence-electron chi connectivity index (χ3n) is 3.08. The van der Waals surface area contributed by atoms with E-state index >= 15 is 0 Å². The van der Waals surface area contributed by atoms with Crippen LogP contribution in [-0.4, -0.2) is 16.6 Å². The minimum absolute atomic E-state index is 0.316. The van der Waals surface area contributed by atoms with Gasteiger partial charge in [0.25, 0.3) is 0 Å². The molecule has 1 aromatic carbocycles. The number of aromatic nitrogens is 2. The summed E-state index contributed by atoms with van der Waals surface area (Å²) in [6, 6.07) is 6.46. The largest absolute Gasteiger partial charge is 0.493 e. The van der Waals surface area contributed by atoms with Crippen molar-refractivity contribution in [2.75, 3.05) is 6.61 Å². The molecule has 0 bridgehead atoms. The third kappa shape index (κ3) is 2.42. The van der Waals surface area contributed by atoms with Crippen LogP contribution in [0.1, 0.15) is 23.9 Å². The van der Waals surface area contributed by atoms with E-state index in [-0.39, 0.29) is 0 Å². The molecule has 1 unspecified atom stereocenters. The van der Waals surface area contributed by atoms with E-state index < -0.39 is 0 Å². The van der Waals surface area contributed by atoms with Gasteiger partial charge < -0.3 is 15.0 Å². The summed E-state index contributed by atoms with van der Waals surface area (Å²) in [5, 5.41) is 3.51. The number of fused-ring (bicyclic) bond motifs is 1. The standard InChI is InChI=1S/C13H14BrN3O/c14-9-1-2-12-10(7-9)11(3-6-18-12)17-8-13-15-4-5-16-13/h1-2,4-5,7,11,17H,3,6,8H2,(H,15,16). The van der Waals surface area contributed by atoms with E-state index in [0.717, 1.165) is 35.6 Å². The fourth-order valence-electron chi connectivity index (χ4n) is 2.19. The Hall–Kier alpha value is -1.33. The number of hydrogen-bond donors (Lipinski definition) is 2. The van der Waals surface area contributed by atoms with Gasteiger partial charge >= 0.3 is 0 Å². The molecule has 0 spiro atoms. The van der Waals surface area contributed by atoms with Crippen LogP contribution in [0.4, 0.5) is 0 Å². The summed E-state index contributed by atoms with van der Waals surface area (Å²) >= 11 is 3.51. The Morgan fingerprint density at radius 1 is 1.50 bits per heavy atom. The molecule has 0 saturated carbocycles. The van der Waals surface area contributed by atoms with Crippen molar-refractivity contribution in [3.8, 4) is 5.75 Å². The normalized spacial score (nSPS) is 18.2. The number of ether oxygens (including phenoxy) is 1. The molecule has 0 radical (unpaired) electrons. The molecule has 0 aliphatic carbocycles. The first kappa shape index (κ1) is 11.7. The van der Waals surface area contributed by atoms with Gasteiger partial charge in [-0.1, -0.05) is 15.9 Å². The molecular formula is C13H14BrN3O. The van der Waals surface area contributed by atoms with Crippen LogP contribution in [-0.2, 0) is 6.54 Å². The number of benzene rings is 1. The Bertz CT molecular complexity index is 527. The van der Waals surface area contributed by atoms with Gasteiger partial charge in [-0.2, -0.15) is 0 Å². The van der Waals surface area contributed by atoms with Crippen LogP contribution >= 0.6 is 15.9 Å². The van der Waals surface area contributed by atoms with Crippen LogP contribution in [0, 0.1) is 0 Å². The van der Waals surface area contributed by atoms with Gasteiger partial charge in [0.05, 0.1) is 13.2 Å². The molecule has 1 aliphatic rings. The Morgan fingerprint density at radius 3 is 3.28 bits per heavy atom. The van der Waals surface area contributed by atoms with Gasteiger partial charge in [0.2, 0.25) is 0 Å². The Balaban J connectivity index is 1.76. The molecule has 1 aromatic heterocycles. The Kier molecular flexibility index (Phi) is 3.34. The molecule has 94 valence electrons. The summed E-state index contributed by atoms with van der Waals surface area (Å²) in [7, 11) is 0. The van der Waals surface area contributed by atoms with Gasteiger partial charge in [-0.3, -0.25) is 0 Å². The van der Waals surface area contributed by atoms with Crippen molar-refractivity contribution in [1.29, 1.82) is 0 Å². The maximum absolute atomic E-state index is 5.66. The number of imidazole rings is 1. The number of rotatable bonds is 3. The van der Waals surface area contributed by atoms with E-state index in [0.29, 0.717) is 6.04 Å². The second-order valence-electron chi connectivity index (χ2n) is 4.29. The second-order valence-corrected chi connectivity index (χ2v) is 5.20. The molecule has 0 fully saturated rings. The van der Waals surface area contributed by atoms with Crippen LogP contribution in [0.5, 0.6) is 5.75 Å². The van der Waals surface area contributed by atoms with Crippen LogP contribution in [0.15, 0.2) is 35.1 Å². The molecule has 1 atom stereocenters.